The summed E-state index contributed by atoms with van der Waals surface area (Å²) in [6.45, 7) is 3.40. The largest absolute Gasteiger partial charge is 0.367 e. The molecule has 0 spiro atoms. The lowest BCUT2D eigenvalue weighted by Crippen LogP contribution is -2.52. The first kappa shape index (κ1) is 13.4. The maximum atomic E-state index is 12.5. The highest BCUT2D eigenvalue weighted by molar-refractivity contribution is 7.99. The number of thioether (sulfide) groups is 1. The Morgan fingerprint density at radius 3 is 3.11 bits per heavy atom. The standard InChI is InChI=1S/C13H18N2O2S2/c1-9-4-15(13(16)11-7-19-8-14-11)5-12(17-9)10-2-3-18-6-10/h2-3,6,9,11-12,14H,4-5,7-8H2,1H3/t9-,11-,12-/m1/s1. The Balaban J connectivity index is 1.69. The van der Waals surface area contributed by atoms with Gasteiger partial charge in [-0.25, -0.2) is 0 Å². The van der Waals surface area contributed by atoms with Crippen molar-refractivity contribution in [1.29, 1.82) is 0 Å². The molecule has 1 aromatic rings. The van der Waals surface area contributed by atoms with E-state index in [0.29, 0.717) is 13.1 Å². The fourth-order valence-electron chi connectivity index (χ4n) is 2.55. The third-order valence-electron chi connectivity index (χ3n) is 3.50. The molecule has 0 aromatic carbocycles. The Kier molecular flexibility index (Phi) is 4.12. The highest BCUT2D eigenvalue weighted by Crippen LogP contribution is 2.27. The number of nitrogens with zero attached hydrogens (tertiary/aromatic N) is 1. The van der Waals surface area contributed by atoms with Crippen LogP contribution in [-0.4, -0.2) is 47.7 Å². The van der Waals surface area contributed by atoms with Gasteiger partial charge in [0.2, 0.25) is 5.91 Å². The average molecular weight is 298 g/mol. The van der Waals surface area contributed by atoms with Gasteiger partial charge in [-0.2, -0.15) is 11.3 Å². The molecule has 0 saturated carbocycles. The van der Waals surface area contributed by atoms with Crippen LogP contribution in [0.4, 0.5) is 0 Å². The van der Waals surface area contributed by atoms with Crippen LogP contribution in [0.25, 0.3) is 0 Å². The minimum Gasteiger partial charge on any atom is -0.367 e. The molecule has 19 heavy (non-hydrogen) atoms. The highest BCUT2D eigenvalue weighted by Gasteiger charge is 2.34. The van der Waals surface area contributed by atoms with Crippen molar-refractivity contribution in [3.63, 3.8) is 0 Å². The van der Waals surface area contributed by atoms with Gasteiger partial charge in [0.05, 0.1) is 18.7 Å². The second-order valence-corrected chi connectivity index (χ2v) is 6.82. The molecule has 2 fully saturated rings. The van der Waals surface area contributed by atoms with Crippen molar-refractivity contribution in [3.05, 3.63) is 22.4 Å². The van der Waals surface area contributed by atoms with Crippen molar-refractivity contribution in [1.82, 2.24) is 10.2 Å². The maximum Gasteiger partial charge on any atom is 0.240 e. The number of carbonyl (C=O) groups is 1. The molecular weight excluding hydrogens is 280 g/mol. The molecule has 3 atom stereocenters. The van der Waals surface area contributed by atoms with E-state index in [2.05, 4.69) is 22.1 Å². The van der Waals surface area contributed by atoms with Gasteiger partial charge >= 0.3 is 0 Å². The number of morpholine rings is 1. The fourth-order valence-corrected chi connectivity index (χ4v) is 4.18. The smallest absolute Gasteiger partial charge is 0.240 e. The average Bonchev–Trinajstić information content (AvgIpc) is 3.10. The van der Waals surface area contributed by atoms with E-state index in [-0.39, 0.29) is 24.2 Å². The zero-order valence-electron chi connectivity index (χ0n) is 10.9. The number of rotatable bonds is 2. The minimum absolute atomic E-state index is 0.0153. The number of carbonyl (C=O) groups excluding carboxylic acids is 1. The lowest BCUT2D eigenvalue weighted by Gasteiger charge is -2.37. The lowest BCUT2D eigenvalue weighted by molar-refractivity contribution is -0.146. The molecule has 0 aliphatic carbocycles. The van der Waals surface area contributed by atoms with Crippen LogP contribution in [0, 0.1) is 0 Å². The topological polar surface area (TPSA) is 41.6 Å². The SMILES string of the molecule is C[C@@H]1CN(C(=O)[C@H]2CSCN2)C[C@H](c2ccsc2)O1. The maximum absolute atomic E-state index is 12.5. The first-order chi connectivity index (χ1) is 9.24. The van der Waals surface area contributed by atoms with Gasteiger partial charge in [-0.05, 0) is 29.3 Å². The summed E-state index contributed by atoms with van der Waals surface area (Å²) in [5.41, 5.74) is 1.18. The first-order valence-electron chi connectivity index (χ1n) is 6.51. The molecule has 4 nitrogen and oxygen atoms in total. The number of thiophene rings is 1. The van der Waals surface area contributed by atoms with E-state index in [1.807, 2.05) is 11.8 Å². The third kappa shape index (κ3) is 2.97. The summed E-state index contributed by atoms with van der Waals surface area (Å²) in [6, 6.07) is 2.07. The zero-order chi connectivity index (χ0) is 13.2. The van der Waals surface area contributed by atoms with Crippen LogP contribution >= 0.6 is 23.1 Å². The van der Waals surface area contributed by atoms with Gasteiger partial charge in [-0.15, -0.1) is 11.8 Å². The van der Waals surface area contributed by atoms with Crippen LogP contribution in [0.5, 0.6) is 0 Å². The Morgan fingerprint density at radius 1 is 1.53 bits per heavy atom. The molecule has 1 aromatic heterocycles. The first-order valence-corrected chi connectivity index (χ1v) is 8.61. The number of hydrogen-bond donors (Lipinski definition) is 1. The molecule has 104 valence electrons. The van der Waals surface area contributed by atoms with Crippen LogP contribution < -0.4 is 5.32 Å². The van der Waals surface area contributed by atoms with Gasteiger partial charge < -0.3 is 9.64 Å². The number of hydrogen-bond acceptors (Lipinski definition) is 5. The van der Waals surface area contributed by atoms with Crippen molar-refractivity contribution in [2.24, 2.45) is 0 Å². The summed E-state index contributed by atoms with van der Waals surface area (Å²) in [6.07, 6.45) is 0.115. The van der Waals surface area contributed by atoms with Gasteiger partial charge in [0.1, 0.15) is 6.10 Å². The summed E-state index contributed by atoms with van der Waals surface area (Å²) < 4.78 is 5.96. The van der Waals surface area contributed by atoms with E-state index < -0.39 is 0 Å². The van der Waals surface area contributed by atoms with E-state index >= 15 is 0 Å². The summed E-state index contributed by atoms with van der Waals surface area (Å²) in [5, 5.41) is 7.41. The van der Waals surface area contributed by atoms with Crippen molar-refractivity contribution in [3.8, 4) is 0 Å². The molecule has 0 radical (unpaired) electrons. The van der Waals surface area contributed by atoms with E-state index in [1.54, 1.807) is 23.1 Å². The predicted octanol–water partition coefficient (Wildman–Crippen LogP) is 1.70. The minimum atomic E-state index is -0.0153. The number of amides is 1. The summed E-state index contributed by atoms with van der Waals surface area (Å²) in [5.74, 6) is 1.98. The van der Waals surface area contributed by atoms with Gasteiger partial charge in [-0.3, -0.25) is 10.1 Å². The van der Waals surface area contributed by atoms with Crippen LogP contribution in [0.3, 0.4) is 0 Å². The normalized spacial score (nSPS) is 31.6. The quantitative estimate of drug-likeness (QED) is 0.902. The fraction of sp³-hybridized carbons (Fsp3) is 0.615. The Labute approximate surface area is 121 Å². The summed E-state index contributed by atoms with van der Waals surface area (Å²) in [7, 11) is 0. The Hall–Kier alpha value is -0.560. The zero-order valence-corrected chi connectivity index (χ0v) is 12.5. The van der Waals surface area contributed by atoms with Crippen molar-refractivity contribution in [2.75, 3.05) is 24.7 Å². The molecule has 2 saturated heterocycles. The highest BCUT2D eigenvalue weighted by atomic mass is 32.2. The lowest BCUT2D eigenvalue weighted by atomic mass is 10.1. The molecule has 1 amide bonds. The second kappa shape index (κ2) is 5.83. The molecule has 3 rings (SSSR count). The molecular formula is C13H18N2O2S2. The molecule has 2 aliphatic heterocycles. The van der Waals surface area contributed by atoms with E-state index in [0.717, 1.165) is 11.6 Å². The van der Waals surface area contributed by atoms with Crippen LogP contribution in [0.1, 0.15) is 18.6 Å². The van der Waals surface area contributed by atoms with Gasteiger partial charge in [0.25, 0.3) is 0 Å². The van der Waals surface area contributed by atoms with Gasteiger partial charge in [0, 0.05) is 18.2 Å². The second-order valence-electron chi connectivity index (χ2n) is 5.01. The Morgan fingerprint density at radius 2 is 2.42 bits per heavy atom. The molecule has 3 heterocycles. The molecule has 1 N–H and O–H groups in total. The summed E-state index contributed by atoms with van der Waals surface area (Å²) in [4.78, 5) is 14.4. The number of nitrogens with one attached hydrogen (secondary N) is 1. The Bertz CT molecular complexity index is 432. The molecule has 0 bridgehead atoms. The van der Waals surface area contributed by atoms with Crippen molar-refractivity contribution >= 4 is 29.0 Å². The molecule has 0 unspecified atom stereocenters. The van der Waals surface area contributed by atoms with E-state index in [4.69, 9.17) is 4.74 Å². The van der Waals surface area contributed by atoms with E-state index in [9.17, 15) is 4.79 Å². The van der Waals surface area contributed by atoms with Crippen molar-refractivity contribution < 1.29 is 9.53 Å². The number of ether oxygens (including phenoxy) is 1. The van der Waals surface area contributed by atoms with E-state index in [1.165, 1.54) is 5.56 Å². The van der Waals surface area contributed by atoms with Crippen molar-refractivity contribution in [2.45, 2.75) is 25.2 Å². The van der Waals surface area contributed by atoms with Crippen LogP contribution in [0.15, 0.2) is 16.8 Å². The third-order valence-corrected chi connectivity index (χ3v) is 5.14. The van der Waals surface area contributed by atoms with Gasteiger partial charge in [-0.1, -0.05) is 0 Å². The van der Waals surface area contributed by atoms with Gasteiger partial charge in [0.15, 0.2) is 0 Å². The van der Waals surface area contributed by atoms with Crippen LogP contribution in [-0.2, 0) is 9.53 Å². The van der Waals surface area contributed by atoms with Crippen LogP contribution in [0.2, 0.25) is 0 Å². The monoisotopic (exact) mass is 298 g/mol. The molecule has 2 aliphatic rings. The summed E-state index contributed by atoms with van der Waals surface area (Å²) >= 11 is 3.46. The predicted molar refractivity (Wildman–Crippen MR) is 78.4 cm³/mol. The molecule has 6 heteroatoms.